The smallest absolute Gasteiger partial charge is 0.225 e. The van der Waals surface area contributed by atoms with Crippen LogP contribution in [0.3, 0.4) is 0 Å². The Morgan fingerprint density at radius 3 is 2.47 bits per heavy atom. The molecule has 5 nitrogen and oxygen atoms in total. The summed E-state index contributed by atoms with van der Waals surface area (Å²) in [6.07, 6.45) is 7.25. The second-order valence-electron chi connectivity index (χ2n) is 4.79. The van der Waals surface area contributed by atoms with E-state index in [0.29, 0.717) is 13.0 Å². The first kappa shape index (κ1) is 13.8. The van der Waals surface area contributed by atoms with Crippen molar-refractivity contribution in [1.29, 1.82) is 0 Å². The molecule has 1 fully saturated rings. The molecule has 1 aliphatic carbocycles. The topological polar surface area (TPSA) is 78.9 Å². The van der Waals surface area contributed by atoms with Crippen LogP contribution in [0.2, 0.25) is 0 Å². The number of amidine groups is 1. The van der Waals surface area contributed by atoms with Crippen molar-refractivity contribution in [2.45, 2.75) is 44.9 Å². The van der Waals surface area contributed by atoms with E-state index in [1.165, 1.54) is 12.8 Å². The van der Waals surface area contributed by atoms with E-state index < -0.39 is 0 Å². The van der Waals surface area contributed by atoms with Crippen molar-refractivity contribution in [3.8, 4) is 0 Å². The number of rotatable bonds is 4. The average Bonchev–Trinajstić information content (AvgIpc) is 2.63. The average molecular weight is 241 g/mol. The molecule has 0 heterocycles. The van der Waals surface area contributed by atoms with Gasteiger partial charge in [0.25, 0.3) is 0 Å². The molecule has 1 rings (SSSR count). The molecule has 0 aromatic carbocycles. The van der Waals surface area contributed by atoms with Crippen LogP contribution < -0.4 is 5.73 Å². The lowest BCUT2D eigenvalue weighted by Gasteiger charge is -2.22. The number of nitrogens with zero attached hydrogens (tertiary/aromatic N) is 2. The molecule has 17 heavy (non-hydrogen) atoms. The van der Waals surface area contributed by atoms with E-state index in [1.54, 1.807) is 11.9 Å². The zero-order valence-corrected chi connectivity index (χ0v) is 10.6. The molecule has 0 bridgehead atoms. The molecule has 0 aliphatic heterocycles. The van der Waals surface area contributed by atoms with Gasteiger partial charge in [0.05, 0.1) is 0 Å². The van der Waals surface area contributed by atoms with Gasteiger partial charge in [-0.05, 0) is 12.8 Å². The van der Waals surface area contributed by atoms with Crippen LogP contribution in [0.4, 0.5) is 0 Å². The highest BCUT2D eigenvalue weighted by Gasteiger charge is 2.22. The molecule has 0 radical (unpaired) electrons. The Bertz CT molecular complexity index is 271. The van der Waals surface area contributed by atoms with E-state index in [4.69, 9.17) is 10.9 Å². The van der Waals surface area contributed by atoms with Crippen LogP contribution in [0, 0.1) is 5.92 Å². The summed E-state index contributed by atoms with van der Waals surface area (Å²) in [4.78, 5) is 13.8. The first-order chi connectivity index (χ1) is 8.15. The maximum Gasteiger partial charge on any atom is 0.225 e. The number of amides is 1. The highest BCUT2D eigenvalue weighted by Crippen LogP contribution is 2.24. The third-order valence-corrected chi connectivity index (χ3v) is 3.41. The monoisotopic (exact) mass is 241 g/mol. The molecule has 0 aromatic rings. The van der Waals surface area contributed by atoms with Gasteiger partial charge in [-0.3, -0.25) is 4.79 Å². The first-order valence-electron chi connectivity index (χ1n) is 6.36. The summed E-state index contributed by atoms with van der Waals surface area (Å²) in [5.74, 6) is 0.554. The maximum atomic E-state index is 12.1. The van der Waals surface area contributed by atoms with Crippen molar-refractivity contribution >= 4 is 11.7 Å². The van der Waals surface area contributed by atoms with Gasteiger partial charge in [0.2, 0.25) is 5.91 Å². The molecule has 0 atom stereocenters. The third kappa shape index (κ3) is 4.63. The molecule has 98 valence electrons. The standard InChI is InChI=1S/C12H23N3O2/c1-15(9-8-11(13)14-17)12(16)10-6-4-2-3-5-7-10/h10,17H,2-9H2,1H3,(H2,13,14). The molecule has 3 N–H and O–H groups in total. The van der Waals surface area contributed by atoms with Gasteiger partial charge in [-0.1, -0.05) is 30.8 Å². The highest BCUT2D eigenvalue weighted by molar-refractivity contribution is 5.82. The molecule has 0 unspecified atom stereocenters. The fraction of sp³-hybridized carbons (Fsp3) is 0.833. The van der Waals surface area contributed by atoms with Crippen LogP contribution in [-0.4, -0.2) is 35.4 Å². The zero-order chi connectivity index (χ0) is 12.7. The predicted octanol–water partition coefficient (Wildman–Crippen LogP) is 1.55. The van der Waals surface area contributed by atoms with Crippen LogP contribution in [0.15, 0.2) is 5.16 Å². The molecular formula is C12H23N3O2. The van der Waals surface area contributed by atoms with E-state index in [2.05, 4.69) is 5.16 Å². The van der Waals surface area contributed by atoms with Crippen molar-refractivity contribution in [1.82, 2.24) is 4.90 Å². The molecule has 1 aliphatic rings. The van der Waals surface area contributed by atoms with Gasteiger partial charge in [0, 0.05) is 25.9 Å². The Morgan fingerprint density at radius 2 is 1.94 bits per heavy atom. The Hall–Kier alpha value is -1.26. The largest absolute Gasteiger partial charge is 0.409 e. The second kappa shape index (κ2) is 7.14. The van der Waals surface area contributed by atoms with Crippen molar-refractivity contribution < 1.29 is 10.0 Å². The number of carbonyl (C=O) groups is 1. The molecule has 1 saturated carbocycles. The summed E-state index contributed by atoms with van der Waals surface area (Å²) >= 11 is 0. The normalized spacial score (nSPS) is 18.8. The minimum Gasteiger partial charge on any atom is -0.409 e. The van der Waals surface area contributed by atoms with E-state index in [9.17, 15) is 4.79 Å². The van der Waals surface area contributed by atoms with Gasteiger partial charge in [-0.25, -0.2) is 0 Å². The van der Waals surface area contributed by atoms with Crippen LogP contribution >= 0.6 is 0 Å². The van der Waals surface area contributed by atoms with Crippen molar-refractivity contribution in [3.05, 3.63) is 0 Å². The molecule has 5 heteroatoms. The number of oxime groups is 1. The van der Waals surface area contributed by atoms with Crippen LogP contribution in [-0.2, 0) is 4.79 Å². The number of nitrogens with two attached hydrogens (primary N) is 1. The van der Waals surface area contributed by atoms with Crippen LogP contribution in [0.5, 0.6) is 0 Å². The fourth-order valence-corrected chi connectivity index (χ4v) is 2.28. The molecule has 1 amide bonds. The lowest BCUT2D eigenvalue weighted by Crippen LogP contribution is -2.35. The second-order valence-corrected chi connectivity index (χ2v) is 4.79. The van der Waals surface area contributed by atoms with Crippen LogP contribution in [0.25, 0.3) is 0 Å². The lowest BCUT2D eigenvalue weighted by molar-refractivity contribution is -0.134. The third-order valence-electron chi connectivity index (χ3n) is 3.41. The molecule has 0 aromatic heterocycles. The summed E-state index contributed by atoms with van der Waals surface area (Å²) in [6, 6.07) is 0. The van der Waals surface area contributed by atoms with Crippen LogP contribution in [0.1, 0.15) is 44.9 Å². The summed E-state index contributed by atoms with van der Waals surface area (Å²) < 4.78 is 0. The summed E-state index contributed by atoms with van der Waals surface area (Å²) in [6.45, 7) is 0.519. The van der Waals surface area contributed by atoms with E-state index in [1.807, 2.05) is 0 Å². The van der Waals surface area contributed by atoms with E-state index >= 15 is 0 Å². The quantitative estimate of drug-likeness (QED) is 0.258. The Kier molecular flexibility index (Phi) is 5.80. The number of hydrogen-bond acceptors (Lipinski definition) is 3. The summed E-state index contributed by atoms with van der Waals surface area (Å²) in [5, 5.41) is 11.3. The predicted molar refractivity (Wildman–Crippen MR) is 66.9 cm³/mol. The van der Waals surface area contributed by atoms with E-state index in [-0.39, 0.29) is 17.7 Å². The van der Waals surface area contributed by atoms with Gasteiger partial charge in [-0.2, -0.15) is 0 Å². The van der Waals surface area contributed by atoms with E-state index in [0.717, 1.165) is 25.7 Å². The highest BCUT2D eigenvalue weighted by atomic mass is 16.4. The molecule has 0 saturated heterocycles. The van der Waals surface area contributed by atoms with Crippen molar-refractivity contribution in [3.63, 3.8) is 0 Å². The van der Waals surface area contributed by atoms with Gasteiger partial charge in [0.1, 0.15) is 5.84 Å². The number of carbonyl (C=O) groups excluding carboxylic acids is 1. The van der Waals surface area contributed by atoms with Crippen molar-refractivity contribution in [2.75, 3.05) is 13.6 Å². The van der Waals surface area contributed by atoms with Crippen molar-refractivity contribution in [2.24, 2.45) is 16.8 Å². The number of hydrogen-bond donors (Lipinski definition) is 2. The van der Waals surface area contributed by atoms with Gasteiger partial charge < -0.3 is 15.8 Å². The minimum atomic E-state index is 0.172. The van der Waals surface area contributed by atoms with Gasteiger partial charge in [0.15, 0.2) is 0 Å². The molecule has 0 spiro atoms. The summed E-state index contributed by atoms with van der Waals surface area (Å²) in [7, 11) is 1.79. The first-order valence-corrected chi connectivity index (χ1v) is 6.36. The maximum absolute atomic E-state index is 12.1. The van der Waals surface area contributed by atoms with Gasteiger partial charge >= 0.3 is 0 Å². The van der Waals surface area contributed by atoms with Gasteiger partial charge in [-0.15, -0.1) is 0 Å². The Labute approximate surface area is 103 Å². The fourth-order valence-electron chi connectivity index (χ4n) is 2.28. The minimum absolute atomic E-state index is 0.172. The Morgan fingerprint density at radius 1 is 1.35 bits per heavy atom. The molecular weight excluding hydrogens is 218 g/mol. The summed E-state index contributed by atoms with van der Waals surface area (Å²) in [5.41, 5.74) is 5.39. The lowest BCUT2D eigenvalue weighted by atomic mass is 9.99. The SMILES string of the molecule is CN(CCC(N)=NO)C(=O)C1CCCCCC1. The zero-order valence-electron chi connectivity index (χ0n) is 10.6. The Balaban J connectivity index is 2.39.